The molecule has 0 saturated heterocycles. The zero-order valence-electron chi connectivity index (χ0n) is 11.9. The Morgan fingerprint density at radius 2 is 2.05 bits per heavy atom. The lowest BCUT2D eigenvalue weighted by Gasteiger charge is -2.10. The van der Waals surface area contributed by atoms with E-state index >= 15 is 0 Å². The van der Waals surface area contributed by atoms with Gasteiger partial charge in [-0.2, -0.15) is 4.98 Å². The second-order valence-corrected chi connectivity index (χ2v) is 5.84. The van der Waals surface area contributed by atoms with E-state index in [2.05, 4.69) is 41.3 Å². The lowest BCUT2D eigenvalue weighted by atomic mass is 9.95. The van der Waals surface area contributed by atoms with E-state index in [-0.39, 0.29) is 5.41 Å². The quantitative estimate of drug-likeness (QED) is 0.877. The molecular formula is C16H21N3O. The van der Waals surface area contributed by atoms with Crippen LogP contribution < -0.4 is 5.73 Å². The van der Waals surface area contributed by atoms with Crippen LogP contribution in [0.15, 0.2) is 34.9 Å². The summed E-state index contributed by atoms with van der Waals surface area (Å²) in [5.74, 6) is 2.08. The highest BCUT2D eigenvalue weighted by Gasteiger charge is 2.49. The van der Waals surface area contributed by atoms with Gasteiger partial charge in [-0.3, -0.25) is 0 Å². The number of hydrogen-bond acceptors (Lipinski definition) is 4. The first kappa shape index (κ1) is 13.3. The van der Waals surface area contributed by atoms with E-state index in [1.54, 1.807) is 0 Å². The van der Waals surface area contributed by atoms with E-state index in [4.69, 9.17) is 10.3 Å². The second-order valence-electron chi connectivity index (χ2n) is 5.84. The molecule has 0 spiro atoms. The van der Waals surface area contributed by atoms with E-state index in [9.17, 15) is 0 Å². The lowest BCUT2D eigenvalue weighted by Crippen LogP contribution is -2.12. The van der Waals surface area contributed by atoms with Crippen molar-refractivity contribution < 1.29 is 4.52 Å². The van der Waals surface area contributed by atoms with Crippen LogP contribution in [-0.4, -0.2) is 16.7 Å². The number of aromatic nitrogens is 2. The van der Waals surface area contributed by atoms with Crippen molar-refractivity contribution in [3.8, 4) is 0 Å². The molecule has 0 radical (unpaired) electrons. The maximum atomic E-state index is 5.63. The summed E-state index contributed by atoms with van der Waals surface area (Å²) in [4.78, 5) is 4.61. The highest BCUT2D eigenvalue weighted by molar-refractivity contribution is 5.38. The Labute approximate surface area is 119 Å². The second kappa shape index (κ2) is 5.37. The van der Waals surface area contributed by atoms with Crippen molar-refractivity contribution in [2.45, 2.75) is 38.0 Å². The van der Waals surface area contributed by atoms with Crippen LogP contribution >= 0.6 is 0 Å². The first-order chi connectivity index (χ1) is 9.74. The number of hydrogen-bond donors (Lipinski definition) is 1. The van der Waals surface area contributed by atoms with Gasteiger partial charge >= 0.3 is 0 Å². The molecule has 1 fully saturated rings. The van der Waals surface area contributed by atoms with Crippen molar-refractivity contribution in [2.75, 3.05) is 6.54 Å². The van der Waals surface area contributed by atoms with Crippen LogP contribution in [-0.2, 0) is 11.8 Å². The van der Waals surface area contributed by atoms with Crippen molar-refractivity contribution in [3.63, 3.8) is 0 Å². The largest absolute Gasteiger partial charge is 0.339 e. The predicted molar refractivity (Wildman–Crippen MR) is 77.3 cm³/mol. The van der Waals surface area contributed by atoms with Gasteiger partial charge in [0.25, 0.3) is 0 Å². The molecule has 106 valence electrons. The number of aryl methyl sites for hydroxylation is 1. The molecule has 1 atom stereocenters. The summed E-state index contributed by atoms with van der Waals surface area (Å²) in [6.45, 7) is 2.85. The lowest BCUT2D eigenvalue weighted by molar-refractivity contribution is 0.359. The smallest absolute Gasteiger partial charge is 0.226 e. The minimum absolute atomic E-state index is 0.00247. The SMILES string of the molecule is CC(CN)CCc1nc(C2(c3ccccc3)CC2)no1. The number of rotatable bonds is 6. The standard InChI is InChI=1S/C16H21N3O/c1-12(11-17)7-8-14-18-15(19-20-14)16(9-10-16)13-5-3-2-4-6-13/h2-6,12H,7-11,17H2,1H3. The average molecular weight is 271 g/mol. The molecule has 2 aromatic rings. The van der Waals surface area contributed by atoms with Gasteiger partial charge in [0.05, 0.1) is 5.41 Å². The van der Waals surface area contributed by atoms with E-state index in [0.29, 0.717) is 12.5 Å². The third-order valence-electron chi connectivity index (χ3n) is 4.23. The Morgan fingerprint density at radius 1 is 1.30 bits per heavy atom. The van der Waals surface area contributed by atoms with E-state index in [1.165, 1.54) is 5.56 Å². The molecule has 1 saturated carbocycles. The molecule has 3 rings (SSSR count). The summed E-state index contributed by atoms with van der Waals surface area (Å²) in [6, 6.07) is 10.5. The molecule has 1 unspecified atom stereocenters. The Bertz CT molecular complexity index is 560. The zero-order chi connectivity index (χ0) is 14.0. The molecule has 1 heterocycles. The third kappa shape index (κ3) is 2.48. The highest BCUT2D eigenvalue weighted by atomic mass is 16.5. The monoisotopic (exact) mass is 271 g/mol. The van der Waals surface area contributed by atoms with E-state index < -0.39 is 0 Å². The molecule has 4 heteroatoms. The third-order valence-corrected chi connectivity index (χ3v) is 4.23. The molecule has 1 aliphatic carbocycles. The Hall–Kier alpha value is -1.68. The Kier molecular flexibility index (Phi) is 3.57. The van der Waals surface area contributed by atoms with Crippen LogP contribution in [0.2, 0.25) is 0 Å². The average Bonchev–Trinajstić information content (AvgIpc) is 3.18. The molecule has 1 aliphatic rings. The minimum Gasteiger partial charge on any atom is -0.339 e. The summed E-state index contributed by atoms with van der Waals surface area (Å²) < 4.78 is 5.41. The van der Waals surface area contributed by atoms with Gasteiger partial charge in [-0.1, -0.05) is 42.4 Å². The minimum atomic E-state index is 0.00247. The van der Waals surface area contributed by atoms with Crippen LogP contribution in [0.5, 0.6) is 0 Å². The fourth-order valence-electron chi connectivity index (χ4n) is 2.56. The van der Waals surface area contributed by atoms with Crippen molar-refractivity contribution in [1.29, 1.82) is 0 Å². The number of benzene rings is 1. The molecule has 0 aliphatic heterocycles. The fraction of sp³-hybridized carbons (Fsp3) is 0.500. The first-order valence-electron chi connectivity index (χ1n) is 7.33. The van der Waals surface area contributed by atoms with Crippen LogP contribution in [0, 0.1) is 5.92 Å². The highest BCUT2D eigenvalue weighted by Crippen LogP contribution is 2.52. The molecule has 1 aromatic heterocycles. The van der Waals surface area contributed by atoms with E-state index in [0.717, 1.165) is 37.4 Å². The van der Waals surface area contributed by atoms with Crippen molar-refractivity contribution >= 4 is 0 Å². The van der Waals surface area contributed by atoms with Gasteiger partial charge in [-0.05, 0) is 37.3 Å². The van der Waals surface area contributed by atoms with E-state index in [1.807, 2.05) is 6.07 Å². The Morgan fingerprint density at radius 3 is 2.70 bits per heavy atom. The van der Waals surface area contributed by atoms with Gasteiger partial charge in [0, 0.05) is 6.42 Å². The maximum Gasteiger partial charge on any atom is 0.226 e. The number of nitrogens with two attached hydrogens (primary N) is 1. The fourth-order valence-corrected chi connectivity index (χ4v) is 2.56. The summed E-state index contributed by atoms with van der Waals surface area (Å²) in [5, 5.41) is 4.21. The molecule has 4 nitrogen and oxygen atoms in total. The molecular weight excluding hydrogens is 250 g/mol. The van der Waals surface area contributed by atoms with Crippen LogP contribution in [0.3, 0.4) is 0 Å². The summed E-state index contributed by atoms with van der Waals surface area (Å²) in [6.07, 6.45) is 4.02. The van der Waals surface area contributed by atoms with Crippen molar-refractivity contribution in [1.82, 2.24) is 10.1 Å². The van der Waals surface area contributed by atoms with Crippen molar-refractivity contribution in [2.24, 2.45) is 11.7 Å². The van der Waals surface area contributed by atoms with Crippen LogP contribution in [0.4, 0.5) is 0 Å². The van der Waals surface area contributed by atoms with Crippen LogP contribution in [0.25, 0.3) is 0 Å². The van der Waals surface area contributed by atoms with Gasteiger partial charge in [0.15, 0.2) is 5.82 Å². The van der Waals surface area contributed by atoms with Gasteiger partial charge < -0.3 is 10.3 Å². The number of nitrogens with zero attached hydrogens (tertiary/aromatic N) is 2. The summed E-state index contributed by atoms with van der Waals surface area (Å²) in [5.41, 5.74) is 6.93. The summed E-state index contributed by atoms with van der Waals surface area (Å²) >= 11 is 0. The molecule has 0 amide bonds. The first-order valence-corrected chi connectivity index (χ1v) is 7.33. The Balaban J connectivity index is 1.74. The predicted octanol–water partition coefficient (Wildman–Crippen LogP) is 2.68. The summed E-state index contributed by atoms with van der Waals surface area (Å²) in [7, 11) is 0. The van der Waals surface area contributed by atoms with Gasteiger partial charge in [0.2, 0.25) is 5.89 Å². The van der Waals surface area contributed by atoms with Crippen molar-refractivity contribution in [3.05, 3.63) is 47.6 Å². The van der Waals surface area contributed by atoms with Gasteiger partial charge in [-0.25, -0.2) is 0 Å². The molecule has 1 aromatic carbocycles. The molecule has 0 bridgehead atoms. The molecule has 20 heavy (non-hydrogen) atoms. The normalized spacial score (nSPS) is 17.9. The molecule has 2 N–H and O–H groups in total. The van der Waals surface area contributed by atoms with Gasteiger partial charge in [-0.15, -0.1) is 0 Å². The maximum absolute atomic E-state index is 5.63. The van der Waals surface area contributed by atoms with Crippen LogP contribution in [0.1, 0.15) is 43.5 Å². The topological polar surface area (TPSA) is 64.9 Å². The zero-order valence-corrected chi connectivity index (χ0v) is 11.9. The van der Waals surface area contributed by atoms with Gasteiger partial charge in [0.1, 0.15) is 0 Å².